The Kier molecular flexibility index (Phi) is 1.90. The molecule has 0 aromatic rings. The molecule has 74 valence electrons. The highest BCUT2D eigenvalue weighted by atomic mass is 16.5. The molecule has 0 atom stereocenters. The van der Waals surface area contributed by atoms with Gasteiger partial charge in [-0.3, -0.25) is 0 Å². The van der Waals surface area contributed by atoms with Crippen molar-refractivity contribution >= 4 is 0 Å². The molecule has 0 unspecified atom stereocenters. The Bertz CT molecular complexity index is 171. The Labute approximate surface area is 80.8 Å². The summed E-state index contributed by atoms with van der Waals surface area (Å²) < 4.78 is 5.92. The van der Waals surface area contributed by atoms with Crippen LogP contribution in [-0.4, -0.2) is 12.7 Å². The zero-order valence-corrected chi connectivity index (χ0v) is 8.54. The van der Waals surface area contributed by atoms with Gasteiger partial charge in [-0.25, -0.2) is 0 Å². The molecule has 13 heavy (non-hydrogen) atoms. The number of hydrogen-bond acceptors (Lipinski definition) is 1. The van der Waals surface area contributed by atoms with Crippen molar-refractivity contribution in [3.8, 4) is 0 Å². The molecule has 0 N–H and O–H groups in total. The fourth-order valence-corrected chi connectivity index (χ4v) is 4.34. The number of hydrogen-bond donors (Lipinski definition) is 0. The van der Waals surface area contributed by atoms with E-state index >= 15 is 0 Å². The normalized spacial score (nSPS) is 52.8. The Hall–Kier alpha value is -0.0400. The predicted octanol–water partition coefficient (Wildman–Crippen LogP) is 2.85. The van der Waals surface area contributed by atoms with E-state index in [1.807, 2.05) is 0 Å². The third kappa shape index (κ3) is 1.24. The summed E-state index contributed by atoms with van der Waals surface area (Å²) in [6, 6.07) is 0. The Morgan fingerprint density at radius 1 is 0.923 bits per heavy atom. The van der Waals surface area contributed by atoms with Gasteiger partial charge < -0.3 is 4.74 Å². The molecule has 0 amide bonds. The maximum Gasteiger partial charge on any atom is 0.0631 e. The number of ether oxygens (including phenoxy) is 1. The van der Waals surface area contributed by atoms with Crippen LogP contribution in [0.2, 0.25) is 0 Å². The van der Waals surface area contributed by atoms with Gasteiger partial charge in [0.25, 0.3) is 0 Å². The summed E-state index contributed by atoms with van der Waals surface area (Å²) in [7, 11) is 0. The Morgan fingerprint density at radius 3 is 1.92 bits per heavy atom. The van der Waals surface area contributed by atoms with E-state index in [2.05, 4.69) is 6.92 Å². The van der Waals surface area contributed by atoms with E-state index in [9.17, 15) is 0 Å². The van der Waals surface area contributed by atoms with Crippen molar-refractivity contribution in [1.82, 2.24) is 0 Å². The van der Waals surface area contributed by atoms with Crippen LogP contribution in [0.25, 0.3) is 0 Å². The molecule has 4 fully saturated rings. The summed E-state index contributed by atoms with van der Waals surface area (Å²) in [6.45, 7) is 3.07. The summed E-state index contributed by atoms with van der Waals surface area (Å²) in [5.41, 5.74) is 0. The van der Waals surface area contributed by atoms with Crippen molar-refractivity contribution in [2.24, 2.45) is 23.7 Å². The first-order chi connectivity index (χ1) is 6.36. The van der Waals surface area contributed by atoms with Gasteiger partial charge >= 0.3 is 0 Å². The van der Waals surface area contributed by atoms with Crippen molar-refractivity contribution in [3.63, 3.8) is 0 Å². The molecule has 4 aliphatic carbocycles. The largest absolute Gasteiger partial charge is 0.378 e. The topological polar surface area (TPSA) is 9.23 Å². The molecule has 1 nitrogen and oxygen atoms in total. The third-order valence-electron chi connectivity index (χ3n) is 4.50. The smallest absolute Gasteiger partial charge is 0.0631 e. The van der Waals surface area contributed by atoms with Gasteiger partial charge in [-0.1, -0.05) is 0 Å². The quantitative estimate of drug-likeness (QED) is 0.635. The lowest BCUT2D eigenvalue weighted by molar-refractivity contribution is -0.123. The van der Waals surface area contributed by atoms with Crippen LogP contribution in [0.15, 0.2) is 0 Å². The first kappa shape index (κ1) is 8.28. The fraction of sp³-hybridized carbons (Fsp3) is 1.00. The van der Waals surface area contributed by atoms with Gasteiger partial charge in [-0.2, -0.15) is 0 Å². The zero-order chi connectivity index (χ0) is 8.84. The van der Waals surface area contributed by atoms with E-state index in [-0.39, 0.29) is 0 Å². The van der Waals surface area contributed by atoms with Gasteiger partial charge in [0.15, 0.2) is 0 Å². The minimum Gasteiger partial charge on any atom is -0.378 e. The summed E-state index contributed by atoms with van der Waals surface area (Å²) in [5.74, 6) is 4.05. The van der Waals surface area contributed by atoms with Crippen LogP contribution in [0.5, 0.6) is 0 Å². The molecule has 0 aromatic carbocycles. The van der Waals surface area contributed by atoms with Gasteiger partial charge in [-0.15, -0.1) is 0 Å². The molecule has 1 heteroatoms. The lowest BCUT2D eigenvalue weighted by atomic mass is 9.55. The van der Waals surface area contributed by atoms with Crippen LogP contribution in [-0.2, 0) is 4.74 Å². The fourth-order valence-electron chi connectivity index (χ4n) is 4.34. The average Bonchev–Trinajstić information content (AvgIpc) is 2.10. The second-order valence-corrected chi connectivity index (χ2v) is 5.35. The van der Waals surface area contributed by atoms with Crippen molar-refractivity contribution in [3.05, 3.63) is 0 Å². The molecule has 0 heterocycles. The highest BCUT2D eigenvalue weighted by Crippen LogP contribution is 2.54. The summed E-state index contributed by atoms with van der Waals surface area (Å²) in [5, 5.41) is 0. The lowest BCUT2D eigenvalue weighted by Gasteiger charge is -2.53. The standard InChI is InChI=1S/C12H20O/c1-2-13-12-10-4-8-3-9(6-10)7-11(12)5-8/h8-12H,2-7H2,1H3. The Balaban J connectivity index is 1.77. The molecule has 0 spiro atoms. The molecule has 0 saturated heterocycles. The first-order valence-electron chi connectivity index (χ1n) is 5.98. The second kappa shape index (κ2) is 2.98. The first-order valence-corrected chi connectivity index (χ1v) is 5.98. The molecule has 0 radical (unpaired) electrons. The zero-order valence-electron chi connectivity index (χ0n) is 8.54. The summed E-state index contributed by atoms with van der Waals surface area (Å²) in [6.07, 6.45) is 8.13. The van der Waals surface area contributed by atoms with Crippen LogP contribution >= 0.6 is 0 Å². The molecule has 0 aliphatic heterocycles. The lowest BCUT2D eigenvalue weighted by Crippen LogP contribution is -2.49. The van der Waals surface area contributed by atoms with Crippen molar-refractivity contribution in [2.75, 3.05) is 6.61 Å². The summed E-state index contributed by atoms with van der Waals surface area (Å²) in [4.78, 5) is 0. The summed E-state index contributed by atoms with van der Waals surface area (Å²) >= 11 is 0. The molecule has 4 saturated carbocycles. The van der Waals surface area contributed by atoms with Crippen molar-refractivity contribution in [2.45, 2.75) is 45.1 Å². The average molecular weight is 180 g/mol. The van der Waals surface area contributed by atoms with Crippen LogP contribution < -0.4 is 0 Å². The van der Waals surface area contributed by atoms with E-state index in [0.29, 0.717) is 6.10 Å². The van der Waals surface area contributed by atoms with Gasteiger partial charge in [0.05, 0.1) is 6.10 Å². The maximum absolute atomic E-state index is 5.92. The van der Waals surface area contributed by atoms with Gasteiger partial charge in [-0.05, 0) is 62.7 Å². The molecule has 4 rings (SSSR count). The van der Waals surface area contributed by atoms with Crippen LogP contribution in [0.1, 0.15) is 39.0 Å². The molecule has 4 aliphatic rings. The van der Waals surface area contributed by atoms with Crippen LogP contribution in [0, 0.1) is 23.7 Å². The minimum atomic E-state index is 0.651. The van der Waals surface area contributed by atoms with E-state index in [0.717, 1.165) is 30.3 Å². The molecule has 0 aromatic heterocycles. The van der Waals surface area contributed by atoms with E-state index in [1.165, 1.54) is 25.7 Å². The van der Waals surface area contributed by atoms with Crippen LogP contribution in [0.4, 0.5) is 0 Å². The highest BCUT2D eigenvalue weighted by Gasteiger charge is 2.48. The molecule has 4 bridgehead atoms. The second-order valence-electron chi connectivity index (χ2n) is 5.35. The minimum absolute atomic E-state index is 0.651. The van der Waals surface area contributed by atoms with Gasteiger partial charge in [0, 0.05) is 6.61 Å². The van der Waals surface area contributed by atoms with E-state index < -0.39 is 0 Å². The third-order valence-corrected chi connectivity index (χ3v) is 4.50. The highest BCUT2D eigenvalue weighted by molar-refractivity contribution is 4.98. The van der Waals surface area contributed by atoms with Crippen LogP contribution in [0.3, 0.4) is 0 Å². The predicted molar refractivity (Wildman–Crippen MR) is 52.5 cm³/mol. The molecular weight excluding hydrogens is 160 g/mol. The van der Waals surface area contributed by atoms with Crippen molar-refractivity contribution < 1.29 is 4.74 Å². The van der Waals surface area contributed by atoms with Gasteiger partial charge in [0.2, 0.25) is 0 Å². The molecular formula is C12H20O. The SMILES string of the molecule is CCOC1C2CC3CC(C2)CC1C3. The van der Waals surface area contributed by atoms with E-state index in [4.69, 9.17) is 4.74 Å². The van der Waals surface area contributed by atoms with Gasteiger partial charge in [0.1, 0.15) is 0 Å². The Morgan fingerprint density at radius 2 is 1.46 bits per heavy atom. The van der Waals surface area contributed by atoms with E-state index in [1.54, 1.807) is 6.42 Å². The monoisotopic (exact) mass is 180 g/mol. The number of rotatable bonds is 2. The maximum atomic E-state index is 5.92. The van der Waals surface area contributed by atoms with Crippen molar-refractivity contribution in [1.29, 1.82) is 0 Å².